The molecule has 17 heavy (non-hydrogen) atoms. The highest BCUT2D eigenvalue weighted by Gasteiger charge is 2.28. The molecule has 2 heterocycles. The van der Waals surface area contributed by atoms with Gasteiger partial charge in [-0.1, -0.05) is 12.2 Å². The average Bonchev–Trinajstić information content (AvgIpc) is 2.74. The second-order valence-electron chi connectivity index (χ2n) is 4.31. The molecule has 1 saturated heterocycles. The number of ether oxygens (including phenoxy) is 1. The molecule has 5 heteroatoms. The summed E-state index contributed by atoms with van der Waals surface area (Å²) in [6, 6.07) is 4.29. The minimum absolute atomic E-state index is 0.251. The molecular formula is C12H17N3OS. The Kier molecular flexibility index (Phi) is 3.59. The first-order valence-corrected chi connectivity index (χ1v) is 6.10. The van der Waals surface area contributed by atoms with Crippen LogP contribution in [0.2, 0.25) is 0 Å². The lowest BCUT2D eigenvalue weighted by Gasteiger charge is -2.28. The van der Waals surface area contributed by atoms with Crippen molar-refractivity contribution < 1.29 is 4.74 Å². The Morgan fingerprint density at radius 3 is 3.00 bits per heavy atom. The summed E-state index contributed by atoms with van der Waals surface area (Å²) in [5, 5.41) is 0. The lowest BCUT2D eigenvalue weighted by Crippen LogP contribution is -2.36. The molecule has 2 atom stereocenters. The fourth-order valence-electron chi connectivity index (χ4n) is 2.19. The van der Waals surface area contributed by atoms with Crippen molar-refractivity contribution in [2.75, 3.05) is 18.6 Å². The number of pyridine rings is 1. The molecule has 0 aliphatic carbocycles. The van der Waals surface area contributed by atoms with Crippen LogP contribution in [0.5, 0.6) is 0 Å². The molecule has 1 aliphatic rings. The van der Waals surface area contributed by atoms with Gasteiger partial charge in [0.2, 0.25) is 0 Å². The Hall–Kier alpha value is -1.20. The molecule has 2 N–H and O–H groups in total. The Morgan fingerprint density at radius 1 is 1.65 bits per heavy atom. The number of likely N-dealkylation sites (N-methyl/N-ethyl adjacent to an activating group) is 1. The van der Waals surface area contributed by atoms with Crippen LogP contribution < -0.4 is 10.6 Å². The minimum atomic E-state index is 0.251. The number of nitrogens with zero attached hydrogens (tertiary/aromatic N) is 2. The van der Waals surface area contributed by atoms with Gasteiger partial charge in [0, 0.05) is 25.5 Å². The number of anilines is 1. The highest BCUT2D eigenvalue weighted by molar-refractivity contribution is 7.80. The van der Waals surface area contributed by atoms with Crippen molar-refractivity contribution in [1.29, 1.82) is 0 Å². The van der Waals surface area contributed by atoms with Crippen LogP contribution in [0.3, 0.4) is 0 Å². The van der Waals surface area contributed by atoms with Crippen LogP contribution in [0.4, 0.5) is 5.69 Å². The molecule has 2 unspecified atom stereocenters. The van der Waals surface area contributed by atoms with Crippen molar-refractivity contribution in [3.8, 4) is 0 Å². The summed E-state index contributed by atoms with van der Waals surface area (Å²) in [6.07, 6.45) is 3.03. The summed E-state index contributed by atoms with van der Waals surface area (Å²) in [6.45, 7) is 2.92. The lowest BCUT2D eigenvalue weighted by molar-refractivity contribution is 0.118. The van der Waals surface area contributed by atoms with Gasteiger partial charge >= 0.3 is 0 Å². The molecule has 0 saturated carbocycles. The van der Waals surface area contributed by atoms with Gasteiger partial charge in [-0.05, 0) is 25.5 Å². The number of hydrogen-bond donors (Lipinski definition) is 1. The summed E-state index contributed by atoms with van der Waals surface area (Å²) in [5.74, 6) is 0. The zero-order chi connectivity index (χ0) is 12.4. The maximum Gasteiger partial charge on any atom is 0.122 e. The largest absolute Gasteiger partial charge is 0.388 e. The molecule has 0 spiro atoms. The molecule has 1 aromatic rings. The first kappa shape index (κ1) is 12.3. The van der Waals surface area contributed by atoms with Gasteiger partial charge in [0.05, 0.1) is 17.8 Å². The highest BCUT2D eigenvalue weighted by Crippen LogP contribution is 2.24. The van der Waals surface area contributed by atoms with Crippen LogP contribution >= 0.6 is 12.2 Å². The van der Waals surface area contributed by atoms with Crippen molar-refractivity contribution >= 4 is 22.9 Å². The van der Waals surface area contributed by atoms with Crippen molar-refractivity contribution in [1.82, 2.24) is 4.98 Å². The number of thiocarbonyl (C=S) groups is 1. The first-order chi connectivity index (χ1) is 8.09. The van der Waals surface area contributed by atoms with E-state index in [-0.39, 0.29) is 6.10 Å². The van der Waals surface area contributed by atoms with Gasteiger partial charge in [-0.2, -0.15) is 0 Å². The van der Waals surface area contributed by atoms with E-state index in [1.54, 1.807) is 6.20 Å². The maximum atomic E-state index is 5.59. The highest BCUT2D eigenvalue weighted by atomic mass is 32.1. The van der Waals surface area contributed by atoms with E-state index in [0.29, 0.717) is 16.7 Å². The predicted molar refractivity (Wildman–Crippen MR) is 72.3 cm³/mol. The second kappa shape index (κ2) is 4.98. The summed E-state index contributed by atoms with van der Waals surface area (Å²) in [5.41, 5.74) is 7.33. The van der Waals surface area contributed by atoms with Crippen LogP contribution in [0.1, 0.15) is 19.0 Å². The van der Waals surface area contributed by atoms with E-state index in [4.69, 9.17) is 22.7 Å². The van der Waals surface area contributed by atoms with Crippen LogP contribution in [0.15, 0.2) is 18.3 Å². The Balaban J connectivity index is 2.21. The van der Waals surface area contributed by atoms with Crippen molar-refractivity contribution in [2.24, 2.45) is 5.73 Å². The smallest absolute Gasteiger partial charge is 0.122 e. The maximum absolute atomic E-state index is 5.59. The summed E-state index contributed by atoms with van der Waals surface area (Å²) in [4.78, 5) is 6.68. The molecule has 0 bridgehead atoms. The summed E-state index contributed by atoms with van der Waals surface area (Å²) in [7, 11) is 2.06. The Labute approximate surface area is 107 Å². The van der Waals surface area contributed by atoms with E-state index in [0.717, 1.165) is 18.7 Å². The standard InChI is InChI=1S/C12H17N3OS/c1-8-11(4-6-16-8)15(2)9-3-5-14-10(7-9)12(13)17/h3,5,7-8,11H,4,6H2,1-2H3,(H2,13,17). The van der Waals surface area contributed by atoms with Gasteiger partial charge in [0.15, 0.2) is 0 Å². The Morgan fingerprint density at radius 2 is 2.41 bits per heavy atom. The molecule has 92 valence electrons. The van der Waals surface area contributed by atoms with Gasteiger partial charge in [0.25, 0.3) is 0 Å². The summed E-state index contributed by atoms with van der Waals surface area (Å²) < 4.78 is 5.58. The van der Waals surface area contributed by atoms with Gasteiger partial charge in [0.1, 0.15) is 4.99 Å². The van der Waals surface area contributed by atoms with Gasteiger partial charge in [-0.3, -0.25) is 4.98 Å². The van der Waals surface area contributed by atoms with Crippen molar-refractivity contribution in [2.45, 2.75) is 25.5 Å². The van der Waals surface area contributed by atoms with E-state index in [9.17, 15) is 0 Å². The van der Waals surface area contributed by atoms with E-state index in [2.05, 4.69) is 23.9 Å². The molecular weight excluding hydrogens is 234 g/mol. The zero-order valence-electron chi connectivity index (χ0n) is 10.1. The normalized spacial score (nSPS) is 23.6. The lowest BCUT2D eigenvalue weighted by atomic mass is 10.1. The second-order valence-corrected chi connectivity index (χ2v) is 4.75. The topological polar surface area (TPSA) is 51.4 Å². The predicted octanol–water partition coefficient (Wildman–Crippen LogP) is 1.33. The Bertz CT molecular complexity index is 424. The monoisotopic (exact) mass is 251 g/mol. The average molecular weight is 251 g/mol. The van der Waals surface area contributed by atoms with Gasteiger partial charge in [-0.15, -0.1) is 0 Å². The number of nitrogens with two attached hydrogens (primary N) is 1. The molecule has 1 fully saturated rings. The van der Waals surface area contributed by atoms with E-state index < -0.39 is 0 Å². The molecule has 1 aromatic heterocycles. The van der Waals surface area contributed by atoms with Crippen molar-refractivity contribution in [3.05, 3.63) is 24.0 Å². The van der Waals surface area contributed by atoms with Crippen LogP contribution in [0.25, 0.3) is 0 Å². The van der Waals surface area contributed by atoms with E-state index >= 15 is 0 Å². The number of rotatable bonds is 3. The fraction of sp³-hybridized carbons (Fsp3) is 0.500. The van der Waals surface area contributed by atoms with Crippen molar-refractivity contribution in [3.63, 3.8) is 0 Å². The molecule has 0 amide bonds. The molecule has 4 nitrogen and oxygen atoms in total. The molecule has 0 radical (unpaired) electrons. The SMILES string of the molecule is CC1OCCC1N(C)c1ccnc(C(N)=S)c1. The third-order valence-corrected chi connectivity index (χ3v) is 3.45. The zero-order valence-corrected chi connectivity index (χ0v) is 10.9. The number of hydrogen-bond acceptors (Lipinski definition) is 4. The molecule has 1 aliphatic heterocycles. The summed E-state index contributed by atoms with van der Waals surface area (Å²) >= 11 is 4.94. The van der Waals surface area contributed by atoms with Crippen LogP contribution in [-0.4, -0.2) is 35.8 Å². The third-order valence-electron chi connectivity index (χ3n) is 3.24. The third kappa shape index (κ3) is 2.56. The fourth-order valence-corrected chi connectivity index (χ4v) is 2.31. The first-order valence-electron chi connectivity index (χ1n) is 5.70. The minimum Gasteiger partial charge on any atom is -0.388 e. The molecule has 2 rings (SSSR count). The van der Waals surface area contributed by atoms with Crippen LogP contribution in [-0.2, 0) is 4.74 Å². The number of aromatic nitrogens is 1. The van der Waals surface area contributed by atoms with Crippen LogP contribution in [0, 0.1) is 0 Å². The quantitative estimate of drug-likeness (QED) is 0.821. The van der Waals surface area contributed by atoms with E-state index in [1.807, 2.05) is 12.1 Å². The van der Waals surface area contributed by atoms with Gasteiger partial charge in [-0.25, -0.2) is 0 Å². The molecule has 0 aromatic carbocycles. The van der Waals surface area contributed by atoms with Gasteiger partial charge < -0.3 is 15.4 Å². The van der Waals surface area contributed by atoms with E-state index in [1.165, 1.54) is 0 Å².